The molecule has 0 fully saturated rings. The first-order valence-corrected chi connectivity index (χ1v) is 5.94. The number of nitrogens with one attached hydrogen (secondary N) is 1. The van der Waals surface area contributed by atoms with Crippen LogP contribution in [0.4, 0.5) is 15.8 Å². The Hall–Kier alpha value is -2.37. The van der Waals surface area contributed by atoms with Crippen molar-refractivity contribution < 1.29 is 9.18 Å². The normalized spacial score (nSPS) is 10.6. The van der Waals surface area contributed by atoms with Crippen molar-refractivity contribution in [3.63, 3.8) is 0 Å². The third-order valence-corrected chi connectivity index (χ3v) is 2.78. The van der Waals surface area contributed by atoms with Crippen molar-refractivity contribution in [2.75, 3.05) is 17.6 Å². The van der Waals surface area contributed by atoms with Gasteiger partial charge in [0.1, 0.15) is 0 Å². The Labute approximate surface area is 109 Å². The number of fused-ring (bicyclic) bond motifs is 1. The van der Waals surface area contributed by atoms with E-state index in [1.165, 1.54) is 6.07 Å². The molecule has 19 heavy (non-hydrogen) atoms. The molecule has 0 atom stereocenters. The van der Waals surface area contributed by atoms with Gasteiger partial charge in [-0.15, -0.1) is 0 Å². The van der Waals surface area contributed by atoms with Crippen molar-refractivity contribution in [2.45, 2.75) is 12.8 Å². The van der Waals surface area contributed by atoms with E-state index in [-0.39, 0.29) is 12.3 Å². The lowest BCUT2D eigenvalue weighted by atomic mass is 10.1. The number of benzene rings is 1. The van der Waals surface area contributed by atoms with E-state index in [4.69, 9.17) is 11.5 Å². The number of pyridine rings is 1. The van der Waals surface area contributed by atoms with Gasteiger partial charge in [0.05, 0.1) is 11.2 Å². The van der Waals surface area contributed by atoms with Crippen LogP contribution in [0, 0.1) is 5.82 Å². The smallest absolute Gasteiger partial charge is 0.217 e. The zero-order chi connectivity index (χ0) is 13.8. The lowest BCUT2D eigenvalue weighted by Gasteiger charge is -2.11. The van der Waals surface area contributed by atoms with E-state index >= 15 is 0 Å². The molecule has 0 unspecified atom stereocenters. The molecule has 1 heterocycles. The SMILES string of the molecule is NC(=O)CCCNc1c(F)cc(N)c2cccnc12. The highest BCUT2D eigenvalue weighted by molar-refractivity contribution is 5.98. The number of anilines is 2. The summed E-state index contributed by atoms with van der Waals surface area (Å²) in [5, 5.41) is 3.63. The van der Waals surface area contributed by atoms with Crippen molar-refractivity contribution >= 4 is 28.2 Å². The number of rotatable bonds is 5. The second-order valence-corrected chi connectivity index (χ2v) is 4.22. The van der Waals surface area contributed by atoms with Crippen LogP contribution in [0.5, 0.6) is 0 Å². The Morgan fingerprint density at radius 1 is 1.47 bits per heavy atom. The van der Waals surface area contributed by atoms with Crippen LogP contribution in [0.3, 0.4) is 0 Å². The van der Waals surface area contributed by atoms with Gasteiger partial charge in [-0.3, -0.25) is 9.78 Å². The van der Waals surface area contributed by atoms with E-state index in [1.54, 1.807) is 18.3 Å². The van der Waals surface area contributed by atoms with Gasteiger partial charge in [-0.25, -0.2) is 4.39 Å². The number of aromatic nitrogens is 1. The number of primary amides is 1. The first-order chi connectivity index (χ1) is 9.09. The highest BCUT2D eigenvalue weighted by Crippen LogP contribution is 2.29. The summed E-state index contributed by atoms with van der Waals surface area (Å²) in [6.45, 7) is 0.440. The largest absolute Gasteiger partial charge is 0.398 e. The summed E-state index contributed by atoms with van der Waals surface area (Å²) < 4.78 is 13.9. The third-order valence-electron chi connectivity index (χ3n) is 2.78. The molecule has 1 aromatic carbocycles. The minimum atomic E-state index is -0.456. The van der Waals surface area contributed by atoms with Crippen LogP contribution in [0.25, 0.3) is 10.9 Å². The number of hydrogen-bond acceptors (Lipinski definition) is 4. The van der Waals surface area contributed by atoms with Gasteiger partial charge in [-0.1, -0.05) is 0 Å². The fourth-order valence-corrected chi connectivity index (χ4v) is 1.88. The monoisotopic (exact) mass is 262 g/mol. The third kappa shape index (κ3) is 2.90. The van der Waals surface area contributed by atoms with E-state index in [2.05, 4.69) is 10.3 Å². The highest BCUT2D eigenvalue weighted by Gasteiger charge is 2.11. The van der Waals surface area contributed by atoms with Gasteiger partial charge < -0.3 is 16.8 Å². The number of nitrogens with zero attached hydrogens (tertiary/aromatic N) is 1. The van der Waals surface area contributed by atoms with Gasteiger partial charge in [0.2, 0.25) is 5.91 Å². The predicted octanol–water partition coefficient (Wildman–Crippen LogP) is 1.63. The number of nitrogens with two attached hydrogens (primary N) is 2. The molecule has 0 bridgehead atoms. The van der Waals surface area contributed by atoms with Crippen molar-refractivity contribution in [3.05, 3.63) is 30.2 Å². The standard InChI is InChI=1S/C13H15FN4O/c14-9-7-10(15)8-3-1-5-17-12(8)13(9)18-6-2-4-11(16)19/h1,3,5,7,18H,2,4,6,15H2,(H2,16,19). The molecule has 5 nitrogen and oxygen atoms in total. The Balaban J connectivity index is 2.24. The molecule has 0 saturated carbocycles. The first kappa shape index (κ1) is 13.1. The second-order valence-electron chi connectivity index (χ2n) is 4.22. The van der Waals surface area contributed by atoms with Crippen LogP contribution < -0.4 is 16.8 Å². The molecule has 1 amide bonds. The first-order valence-electron chi connectivity index (χ1n) is 5.94. The maximum Gasteiger partial charge on any atom is 0.217 e. The van der Waals surface area contributed by atoms with Crippen LogP contribution in [-0.2, 0) is 4.79 Å². The summed E-state index contributed by atoms with van der Waals surface area (Å²) >= 11 is 0. The van der Waals surface area contributed by atoms with Gasteiger partial charge in [-0.2, -0.15) is 0 Å². The van der Waals surface area contributed by atoms with E-state index in [9.17, 15) is 9.18 Å². The fourth-order valence-electron chi connectivity index (χ4n) is 1.88. The molecule has 0 aliphatic rings. The predicted molar refractivity (Wildman–Crippen MR) is 73.0 cm³/mol. The van der Waals surface area contributed by atoms with E-state index in [1.807, 2.05) is 0 Å². The fraction of sp³-hybridized carbons (Fsp3) is 0.231. The summed E-state index contributed by atoms with van der Waals surface area (Å²) in [4.78, 5) is 14.8. The molecular formula is C13H15FN4O. The molecule has 2 aromatic rings. The number of hydrogen-bond donors (Lipinski definition) is 3. The molecule has 0 saturated heterocycles. The number of halogens is 1. The van der Waals surface area contributed by atoms with E-state index in [0.29, 0.717) is 35.2 Å². The van der Waals surface area contributed by atoms with Crippen LogP contribution in [-0.4, -0.2) is 17.4 Å². The lowest BCUT2D eigenvalue weighted by Crippen LogP contribution is -2.13. The number of nitrogen functional groups attached to an aromatic ring is 1. The zero-order valence-corrected chi connectivity index (χ0v) is 10.3. The van der Waals surface area contributed by atoms with Crippen molar-refractivity contribution in [1.29, 1.82) is 0 Å². The Bertz CT molecular complexity index is 615. The molecule has 0 aliphatic heterocycles. The number of carbonyl (C=O) groups excluding carboxylic acids is 1. The molecule has 0 aliphatic carbocycles. The van der Waals surface area contributed by atoms with Crippen molar-refractivity contribution in [3.8, 4) is 0 Å². The maximum absolute atomic E-state index is 13.9. The minimum absolute atomic E-state index is 0.259. The van der Waals surface area contributed by atoms with Gasteiger partial charge in [0.15, 0.2) is 5.82 Å². The maximum atomic E-state index is 13.9. The average molecular weight is 262 g/mol. The molecule has 100 valence electrons. The van der Waals surface area contributed by atoms with Crippen molar-refractivity contribution in [2.24, 2.45) is 5.73 Å². The summed E-state index contributed by atoms with van der Waals surface area (Å²) in [6, 6.07) is 4.79. The van der Waals surface area contributed by atoms with Gasteiger partial charge in [0, 0.05) is 30.2 Å². The van der Waals surface area contributed by atoms with Crippen molar-refractivity contribution in [1.82, 2.24) is 4.98 Å². The van der Waals surface area contributed by atoms with E-state index in [0.717, 1.165) is 0 Å². The topological polar surface area (TPSA) is 94.0 Å². The van der Waals surface area contributed by atoms with Crippen LogP contribution in [0.2, 0.25) is 0 Å². The van der Waals surface area contributed by atoms with Crippen LogP contribution in [0.15, 0.2) is 24.4 Å². The van der Waals surface area contributed by atoms with Crippen LogP contribution >= 0.6 is 0 Å². The zero-order valence-electron chi connectivity index (χ0n) is 10.3. The summed E-state index contributed by atoms with van der Waals surface area (Å²) in [6.07, 6.45) is 2.37. The minimum Gasteiger partial charge on any atom is -0.398 e. The second kappa shape index (κ2) is 5.51. The Morgan fingerprint density at radius 2 is 2.26 bits per heavy atom. The lowest BCUT2D eigenvalue weighted by molar-refractivity contribution is -0.118. The molecule has 1 aromatic heterocycles. The quantitative estimate of drug-likeness (QED) is 0.564. The molecule has 2 rings (SSSR count). The summed E-state index contributed by atoms with van der Waals surface area (Å²) in [5.74, 6) is -0.828. The highest BCUT2D eigenvalue weighted by atomic mass is 19.1. The average Bonchev–Trinajstić information content (AvgIpc) is 2.37. The Morgan fingerprint density at radius 3 is 3.00 bits per heavy atom. The van der Waals surface area contributed by atoms with Crippen LogP contribution in [0.1, 0.15) is 12.8 Å². The number of amides is 1. The number of carbonyl (C=O) groups is 1. The summed E-state index contributed by atoms with van der Waals surface area (Å²) in [7, 11) is 0. The van der Waals surface area contributed by atoms with Gasteiger partial charge >= 0.3 is 0 Å². The van der Waals surface area contributed by atoms with Gasteiger partial charge in [0.25, 0.3) is 0 Å². The van der Waals surface area contributed by atoms with E-state index < -0.39 is 5.82 Å². The molecular weight excluding hydrogens is 247 g/mol. The molecule has 6 heteroatoms. The molecule has 0 radical (unpaired) electrons. The molecule has 0 spiro atoms. The van der Waals surface area contributed by atoms with Gasteiger partial charge in [-0.05, 0) is 24.6 Å². The molecule has 5 N–H and O–H groups in total. The summed E-state index contributed by atoms with van der Waals surface area (Å²) in [5.41, 5.74) is 11.9. The Kier molecular flexibility index (Phi) is 3.79.